The number of benzene rings is 1. The van der Waals surface area contributed by atoms with E-state index in [1.807, 2.05) is 13.0 Å². The molecule has 0 spiro atoms. The lowest BCUT2D eigenvalue weighted by atomic mass is 10.1. The molecule has 3 heterocycles. The summed E-state index contributed by atoms with van der Waals surface area (Å²) >= 11 is 12.5. The van der Waals surface area contributed by atoms with Gasteiger partial charge in [0.05, 0.1) is 27.3 Å². The Labute approximate surface area is 170 Å². The van der Waals surface area contributed by atoms with Gasteiger partial charge in [0.15, 0.2) is 17.7 Å². The maximum absolute atomic E-state index is 6.38. The lowest BCUT2D eigenvalue weighted by Crippen LogP contribution is -2.08. The molecular formula is C18H15Cl2N7O. The highest BCUT2D eigenvalue weighted by atomic mass is 35.5. The molecule has 0 saturated carbocycles. The Kier molecular flexibility index (Phi) is 4.74. The Bertz CT molecular complexity index is 1180. The van der Waals surface area contributed by atoms with Crippen LogP contribution in [0.2, 0.25) is 10.0 Å². The van der Waals surface area contributed by atoms with Crippen LogP contribution in [0.3, 0.4) is 0 Å². The van der Waals surface area contributed by atoms with Crippen LogP contribution in [0.15, 0.2) is 37.1 Å². The average molecular weight is 416 g/mol. The third-order valence-corrected chi connectivity index (χ3v) is 4.97. The molecule has 4 rings (SSSR count). The van der Waals surface area contributed by atoms with Crippen molar-refractivity contribution in [1.29, 1.82) is 0 Å². The minimum absolute atomic E-state index is 0.267. The van der Waals surface area contributed by atoms with Gasteiger partial charge in [-0.2, -0.15) is 5.10 Å². The number of hydrogen-bond acceptors (Lipinski definition) is 7. The molecule has 0 aliphatic rings. The maximum atomic E-state index is 6.38. The van der Waals surface area contributed by atoms with Crippen LogP contribution in [0.4, 0.5) is 5.82 Å². The van der Waals surface area contributed by atoms with Gasteiger partial charge in [-0.15, -0.1) is 0 Å². The van der Waals surface area contributed by atoms with Crippen molar-refractivity contribution in [3.05, 3.63) is 52.9 Å². The molecule has 0 saturated heterocycles. The number of nitrogens with zero attached hydrogens (tertiary/aromatic N) is 6. The molecule has 142 valence electrons. The zero-order valence-electron chi connectivity index (χ0n) is 15.0. The summed E-state index contributed by atoms with van der Waals surface area (Å²) in [6, 6.07) is 5.31. The summed E-state index contributed by atoms with van der Waals surface area (Å²) in [4.78, 5) is 17.2. The zero-order chi connectivity index (χ0) is 19.8. The molecule has 2 N–H and O–H groups in total. The Balaban J connectivity index is 1.85. The van der Waals surface area contributed by atoms with E-state index in [-0.39, 0.29) is 5.82 Å². The second kappa shape index (κ2) is 7.21. The Hall–Kier alpha value is -2.97. The monoisotopic (exact) mass is 415 g/mol. The predicted octanol–water partition coefficient (Wildman–Crippen LogP) is 3.85. The van der Waals surface area contributed by atoms with Gasteiger partial charge in [-0.05, 0) is 13.0 Å². The predicted molar refractivity (Wildman–Crippen MR) is 107 cm³/mol. The molecule has 3 aromatic heterocycles. The first-order chi connectivity index (χ1) is 13.5. The fourth-order valence-electron chi connectivity index (χ4n) is 2.83. The average Bonchev–Trinajstić information content (AvgIpc) is 3.11. The van der Waals surface area contributed by atoms with Gasteiger partial charge < -0.3 is 10.5 Å². The van der Waals surface area contributed by atoms with E-state index >= 15 is 0 Å². The Morgan fingerprint density at radius 3 is 2.71 bits per heavy atom. The molecule has 1 atom stereocenters. The van der Waals surface area contributed by atoms with Crippen LogP contribution in [-0.4, -0.2) is 29.7 Å². The van der Waals surface area contributed by atoms with E-state index in [1.165, 1.54) is 6.33 Å². The summed E-state index contributed by atoms with van der Waals surface area (Å²) in [5.74, 6) is 1.23. The van der Waals surface area contributed by atoms with Crippen molar-refractivity contribution in [2.75, 3.05) is 5.73 Å². The minimum atomic E-state index is -0.425. The van der Waals surface area contributed by atoms with Gasteiger partial charge in [-0.25, -0.2) is 19.9 Å². The largest absolute Gasteiger partial charge is 0.480 e. The molecule has 28 heavy (non-hydrogen) atoms. The molecule has 0 aliphatic carbocycles. The van der Waals surface area contributed by atoms with E-state index in [1.54, 1.807) is 36.4 Å². The van der Waals surface area contributed by atoms with Crippen LogP contribution >= 0.6 is 23.2 Å². The number of pyridine rings is 1. The molecule has 0 aliphatic heterocycles. The van der Waals surface area contributed by atoms with Gasteiger partial charge in [0, 0.05) is 12.6 Å². The van der Waals surface area contributed by atoms with Crippen LogP contribution in [0.1, 0.15) is 18.9 Å². The number of fused-ring (bicyclic) bond motifs is 1. The standard InChI is InChI=1S/C18H15Cl2N7O/c1-9(18-25-8-27(2)26-18)28-12-6-22-15(10-4-3-5-11(19)14(10)20)16-13(12)17(21)24-7-23-16/h3-9H,1-2H3,(H2,21,23,24)/t9-/m1/s1. The Morgan fingerprint density at radius 1 is 1.14 bits per heavy atom. The second-order valence-corrected chi connectivity index (χ2v) is 6.88. The first kappa shape index (κ1) is 18.4. The lowest BCUT2D eigenvalue weighted by Gasteiger charge is -2.16. The van der Waals surface area contributed by atoms with Crippen LogP contribution in [-0.2, 0) is 7.05 Å². The number of hydrogen-bond donors (Lipinski definition) is 1. The van der Waals surface area contributed by atoms with Gasteiger partial charge in [0.25, 0.3) is 0 Å². The van der Waals surface area contributed by atoms with E-state index < -0.39 is 6.10 Å². The number of nitrogen functional groups attached to an aromatic ring is 1. The van der Waals surface area contributed by atoms with Crippen molar-refractivity contribution < 1.29 is 4.74 Å². The molecule has 0 radical (unpaired) electrons. The molecule has 0 amide bonds. The van der Waals surface area contributed by atoms with Crippen molar-refractivity contribution in [3.63, 3.8) is 0 Å². The van der Waals surface area contributed by atoms with Crippen molar-refractivity contribution in [1.82, 2.24) is 29.7 Å². The topological polar surface area (TPSA) is 105 Å². The quantitative estimate of drug-likeness (QED) is 0.539. The minimum Gasteiger partial charge on any atom is -0.480 e. The van der Waals surface area contributed by atoms with E-state index in [0.717, 1.165) is 0 Å². The fraction of sp³-hybridized carbons (Fsp3) is 0.167. The molecule has 0 fully saturated rings. The van der Waals surface area contributed by atoms with Crippen molar-refractivity contribution in [2.45, 2.75) is 13.0 Å². The van der Waals surface area contributed by atoms with Gasteiger partial charge >= 0.3 is 0 Å². The maximum Gasteiger partial charge on any atom is 0.191 e. The molecule has 0 bridgehead atoms. The van der Waals surface area contributed by atoms with Crippen LogP contribution < -0.4 is 10.5 Å². The number of rotatable bonds is 4. The third kappa shape index (κ3) is 3.21. The molecular weight excluding hydrogens is 401 g/mol. The molecule has 10 heteroatoms. The fourth-order valence-corrected chi connectivity index (χ4v) is 3.22. The van der Waals surface area contributed by atoms with Crippen LogP contribution in [0, 0.1) is 0 Å². The number of nitrogens with two attached hydrogens (primary N) is 1. The highest BCUT2D eigenvalue weighted by Crippen LogP contribution is 2.39. The van der Waals surface area contributed by atoms with Gasteiger partial charge in [0.1, 0.15) is 24.0 Å². The van der Waals surface area contributed by atoms with Crippen LogP contribution in [0.25, 0.3) is 22.2 Å². The smallest absolute Gasteiger partial charge is 0.191 e. The SMILES string of the molecule is C[C@@H](Oc1cnc(-c2cccc(Cl)c2Cl)c2ncnc(N)c12)c1ncn(C)n1. The van der Waals surface area contributed by atoms with Gasteiger partial charge in [0.2, 0.25) is 0 Å². The zero-order valence-corrected chi connectivity index (χ0v) is 16.5. The summed E-state index contributed by atoms with van der Waals surface area (Å²) in [6.07, 6.45) is 4.11. The molecule has 8 nitrogen and oxygen atoms in total. The van der Waals surface area contributed by atoms with E-state index in [9.17, 15) is 0 Å². The molecule has 0 unspecified atom stereocenters. The summed E-state index contributed by atoms with van der Waals surface area (Å²) in [7, 11) is 1.79. The third-order valence-electron chi connectivity index (χ3n) is 4.15. The van der Waals surface area contributed by atoms with Crippen molar-refractivity contribution in [3.8, 4) is 17.0 Å². The number of aromatic nitrogens is 6. The van der Waals surface area contributed by atoms with Crippen LogP contribution in [0.5, 0.6) is 5.75 Å². The summed E-state index contributed by atoms with van der Waals surface area (Å²) in [5.41, 5.74) is 7.82. The Morgan fingerprint density at radius 2 is 1.96 bits per heavy atom. The lowest BCUT2D eigenvalue weighted by molar-refractivity contribution is 0.218. The van der Waals surface area contributed by atoms with Gasteiger partial charge in [-0.3, -0.25) is 4.68 Å². The highest BCUT2D eigenvalue weighted by Gasteiger charge is 2.20. The first-order valence-electron chi connectivity index (χ1n) is 8.31. The number of halogens is 2. The molecule has 4 aromatic rings. The van der Waals surface area contributed by atoms with E-state index in [2.05, 4.69) is 25.0 Å². The van der Waals surface area contributed by atoms with E-state index in [0.29, 0.717) is 43.8 Å². The van der Waals surface area contributed by atoms with Crippen molar-refractivity contribution in [2.24, 2.45) is 7.05 Å². The van der Waals surface area contributed by atoms with E-state index in [4.69, 9.17) is 33.7 Å². The highest BCUT2D eigenvalue weighted by molar-refractivity contribution is 6.43. The number of anilines is 1. The number of ether oxygens (including phenoxy) is 1. The summed E-state index contributed by atoms with van der Waals surface area (Å²) < 4.78 is 7.64. The normalized spacial score (nSPS) is 12.3. The van der Waals surface area contributed by atoms with Crippen molar-refractivity contribution >= 4 is 39.9 Å². The van der Waals surface area contributed by atoms with Gasteiger partial charge in [-0.1, -0.05) is 35.3 Å². The number of aryl methyl sites for hydroxylation is 1. The molecule has 1 aromatic carbocycles. The second-order valence-electron chi connectivity index (χ2n) is 6.09. The summed E-state index contributed by atoms with van der Waals surface area (Å²) in [6.45, 7) is 1.84. The first-order valence-corrected chi connectivity index (χ1v) is 9.07. The summed E-state index contributed by atoms with van der Waals surface area (Å²) in [5, 5.41) is 5.60.